The minimum atomic E-state index is -0.321. The number of nitrogens with one attached hydrogen (secondary N) is 2. The molecule has 0 fully saturated rings. The molecule has 0 radical (unpaired) electrons. The number of aromatic nitrogens is 3. The number of carbonyl (C=O) groups excluding carboxylic acids is 1. The molecule has 1 aliphatic heterocycles. The van der Waals surface area contributed by atoms with Crippen molar-refractivity contribution in [2.45, 2.75) is 13.0 Å². The molecule has 7 heteroatoms. The molecule has 0 saturated heterocycles. The van der Waals surface area contributed by atoms with Crippen molar-refractivity contribution in [3.05, 3.63) is 112 Å². The number of hydrogen-bond acceptors (Lipinski definition) is 4. The molecule has 1 atom stereocenters. The van der Waals surface area contributed by atoms with Crippen LogP contribution in [0.25, 0.3) is 5.70 Å². The molecule has 2 heterocycles. The standard InChI is InChI=1S/C25H20ClN5O/c1-16-10-12-18(13-11-16)22-15-21(17-6-3-2-4-7-17)27-25-29-24(30-31(22)25)28-23(32)19-8-5-9-20(26)14-19/h2-15,22H,1H3,(H2,27,28,29,30,32)/t22-/m0/s1. The number of rotatable bonds is 4. The zero-order valence-electron chi connectivity index (χ0n) is 17.3. The maximum absolute atomic E-state index is 12.7. The number of carbonyl (C=O) groups is 1. The van der Waals surface area contributed by atoms with E-state index in [2.05, 4.69) is 58.0 Å². The number of halogens is 1. The second-order valence-corrected chi connectivity index (χ2v) is 8.03. The Morgan fingerprint density at radius 2 is 1.81 bits per heavy atom. The average molecular weight is 442 g/mol. The summed E-state index contributed by atoms with van der Waals surface area (Å²) in [5, 5.41) is 11.2. The van der Waals surface area contributed by atoms with Gasteiger partial charge >= 0.3 is 0 Å². The van der Waals surface area contributed by atoms with E-state index >= 15 is 0 Å². The molecule has 0 aliphatic carbocycles. The van der Waals surface area contributed by atoms with Crippen molar-refractivity contribution in [2.24, 2.45) is 0 Å². The van der Waals surface area contributed by atoms with Crippen LogP contribution in [-0.4, -0.2) is 20.7 Å². The van der Waals surface area contributed by atoms with E-state index in [9.17, 15) is 4.79 Å². The second kappa shape index (κ2) is 8.32. The van der Waals surface area contributed by atoms with Crippen LogP contribution in [0.4, 0.5) is 11.9 Å². The molecule has 3 aromatic carbocycles. The van der Waals surface area contributed by atoms with Gasteiger partial charge in [0.05, 0.1) is 0 Å². The Morgan fingerprint density at radius 3 is 2.56 bits per heavy atom. The van der Waals surface area contributed by atoms with E-state index in [1.807, 2.05) is 30.3 Å². The Labute approximate surface area is 190 Å². The summed E-state index contributed by atoms with van der Waals surface area (Å²) >= 11 is 6.01. The van der Waals surface area contributed by atoms with E-state index in [4.69, 9.17) is 11.6 Å². The minimum Gasteiger partial charge on any atom is -0.324 e. The van der Waals surface area contributed by atoms with Gasteiger partial charge < -0.3 is 5.32 Å². The van der Waals surface area contributed by atoms with Crippen LogP contribution in [-0.2, 0) is 0 Å². The van der Waals surface area contributed by atoms with Crippen LogP contribution < -0.4 is 10.6 Å². The molecule has 1 aromatic heterocycles. The molecule has 158 valence electrons. The molecule has 2 N–H and O–H groups in total. The fourth-order valence-electron chi connectivity index (χ4n) is 3.64. The highest BCUT2D eigenvalue weighted by Gasteiger charge is 2.26. The summed E-state index contributed by atoms with van der Waals surface area (Å²) in [6, 6.07) is 24.9. The molecule has 5 rings (SSSR count). The number of benzene rings is 3. The Bertz CT molecular complexity index is 1310. The highest BCUT2D eigenvalue weighted by Crippen LogP contribution is 2.33. The first-order valence-electron chi connectivity index (χ1n) is 10.2. The number of amides is 1. The lowest BCUT2D eigenvalue weighted by molar-refractivity contribution is 0.102. The fraction of sp³-hybridized carbons (Fsp3) is 0.0800. The van der Waals surface area contributed by atoms with Gasteiger partial charge in [-0.25, -0.2) is 4.68 Å². The number of fused-ring (bicyclic) bond motifs is 1. The summed E-state index contributed by atoms with van der Waals surface area (Å²) in [5.74, 6) is 0.453. The molecule has 0 bridgehead atoms. The summed E-state index contributed by atoms with van der Waals surface area (Å²) in [4.78, 5) is 17.2. The van der Waals surface area contributed by atoms with E-state index in [0.29, 0.717) is 16.5 Å². The van der Waals surface area contributed by atoms with Gasteiger partial charge in [0, 0.05) is 16.3 Å². The normalized spacial score (nSPS) is 14.8. The molecule has 0 spiro atoms. The number of aryl methyl sites for hydroxylation is 1. The summed E-state index contributed by atoms with van der Waals surface area (Å²) < 4.78 is 1.78. The molecule has 4 aromatic rings. The summed E-state index contributed by atoms with van der Waals surface area (Å²) in [6.45, 7) is 2.06. The van der Waals surface area contributed by atoms with Gasteiger partial charge in [0.15, 0.2) is 0 Å². The van der Waals surface area contributed by atoms with Gasteiger partial charge in [0.25, 0.3) is 11.9 Å². The third-order valence-electron chi connectivity index (χ3n) is 5.28. The van der Waals surface area contributed by atoms with Crippen molar-refractivity contribution in [1.82, 2.24) is 14.8 Å². The lowest BCUT2D eigenvalue weighted by Crippen LogP contribution is -2.20. The molecule has 32 heavy (non-hydrogen) atoms. The van der Waals surface area contributed by atoms with Gasteiger partial charge in [-0.05, 0) is 42.3 Å². The maximum atomic E-state index is 12.7. The zero-order valence-corrected chi connectivity index (χ0v) is 18.0. The van der Waals surface area contributed by atoms with Crippen LogP contribution in [0.15, 0.2) is 84.9 Å². The van der Waals surface area contributed by atoms with Crippen molar-refractivity contribution >= 4 is 35.1 Å². The number of anilines is 2. The van der Waals surface area contributed by atoms with Crippen molar-refractivity contribution in [1.29, 1.82) is 0 Å². The Kier molecular flexibility index (Phi) is 5.21. The van der Waals surface area contributed by atoms with Gasteiger partial charge in [-0.3, -0.25) is 10.1 Å². The Morgan fingerprint density at radius 1 is 1.03 bits per heavy atom. The quantitative estimate of drug-likeness (QED) is 0.435. The van der Waals surface area contributed by atoms with Crippen molar-refractivity contribution in [3.8, 4) is 0 Å². The Balaban J connectivity index is 1.51. The van der Waals surface area contributed by atoms with E-state index in [1.165, 1.54) is 5.56 Å². The smallest absolute Gasteiger partial charge is 0.258 e. The maximum Gasteiger partial charge on any atom is 0.258 e. The van der Waals surface area contributed by atoms with Crippen molar-refractivity contribution in [3.63, 3.8) is 0 Å². The number of nitrogens with zero attached hydrogens (tertiary/aromatic N) is 3. The molecule has 1 amide bonds. The predicted octanol–water partition coefficient (Wildman–Crippen LogP) is 5.55. The van der Waals surface area contributed by atoms with Crippen LogP contribution in [0.2, 0.25) is 5.02 Å². The third-order valence-corrected chi connectivity index (χ3v) is 5.52. The van der Waals surface area contributed by atoms with Crippen molar-refractivity contribution < 1.29 is 4.79 Å². The SMILES string of the molecule is Cc1ccc([C@@H]2C=C(c3ccccc3)Nc3nc(NC(=O)c4cccc(Cl)c4)nn32)cc1. The van der Waals surface area contributed by atoms with Gasteiger partial charge in [-0.1, -0.05) is 77.8 Å². The van der Waals surface area contributed by atoms with Crippen molar-refractivity contribution in [2.75, 3.05) is 10.6 Å². The first-order valence-corrected chi connectivity index (χ1v) is 10.6. The number of allylic oxidation sites excluding steroid dienone is 1. The fourth-order valence-corrected chi connectivity index (χ4v) is 3.83. The summed E-state index contributed by atoms with van der Waals surface area (Å²) in [6.07, 6.45) is 2.12. The lowest BCUT2D eigenvalue weighted by Gasteiger charge is -2.24. The van der Waals surface area contributed by atoms with E-state index < -0.39 is 0 Å². The largest absolute Gasteiger partial charge is 0.324 e. The van der Waals surface area contributed by atoms with Gasteiger partial charge in [-0.2, -0.15) is 4.98 Å². The van der Waals surface area contributed by atoms with Crippen LogP contribution >= 0.6 is 11.6 Å². The average Bonchev–Trinajstić information content (AvgIpc) is 3.22. The van der Waals surface area contributed by atoms with E-state index in [-0.39, 0.29) is 17.9 Å². The first-order chi connectivity index (χ1) is 15.6. The van der Waals surface area contributed by atoms with Crippen LogP contribution in [0.5, 0.6) is 0 Å². The highest BCUT2D eigenvalue weighted by molar-refractivity contribution is 6.31. The molecule has 0 unspecified atom stereocenters. The second-order valence-electron chi connectivity index (χ2n) is 7.59. The summed E-state index contributed by atoms with van der Waals surface area (Å²) in [7, 11) is 0. The van der Waals surface area contributed by atoms with Gasteiger partial charge in [0.2, 0.25) is 5.95 Å². The first kappa shape index (κ1) is 20.0. The van der Waals surface area contributed by atoms with Crippen LogP contribution in [0.3, 0.4) is 0 Å². The van der Waals surface area contributed by atoms with Gasteiger partial charge in [0.1, 0.15) is 6.04 Å². The monoisotopic (exact) mass is 441 g/mol. The predicted molar refractivity (Wildman–Crippen MR) is 127 cm³/mol. The Hall–Kier alpha value is -3.90. The molecule has 6 nitrogen and oxygen atoms in total. The van der Waals surface area contributed by atoms with Crippen LogP contribution in [0.1, 0.15) is 33.1 Å². The lowest BCUT2D eigenvalue weighted by atomic mass is 10.0. The molecular weight excluding hydrogens is 422 g/mol. The third kappa shape index (κ3) is 4.00. The summed E-state index contributed by atoms with van der Waals surface area (Å²) in [5.41, 5.74) is 4.68. The highest BCUT2D eigenvalue weighted by atomic mass is 35.5. The van der Waals surface area contributed by atoms with E-state index in [0.717, 1.165) is 16.8 Å². The topological polar surface area (TPSA) is 71.8 Å². The van der Waals surface area contributed by atoms with Gasteiger partial charge in [-0.15, -0.1) is 5.10 Å². The molecule has 0 saturated carbocycles. The number of hydrogen-bond donors (Lipinski definition) is 2. The zero-order chi connectivity index (χ0) is 22.1. The van der Waals surface area contributed by atoms with E-state index in [1.54, 1.807) is 28.9 Å². The van der Waals surface area contributed by atoms with Crippen LogP contribution in [0, 0.1) is 6.92 Å². The minimum absolute atomic E-state index is 0.175. The molecular formula is C25H20ClN5O. The molecule has 1 aliphatic rings.